The summed E-state index contributed by atoms with van der Waals surface area (Å²) in [6.07, 6.45) is 0.962. The Bertz CT molecular complexity index is 723. The minimum Gasteiger partial charge on any atom is -0.454 e. The van der Waals surface area contributed by atoms with Crippen molar-refractivity contribution in [3.63, 3.8) is 0 Å². The highest BCUT2D eigenvalue weighted by atomic mass is 32.1. The van der Waals surface area contributed by atoms with Crippen LogP contribution in [0, 0.1) is 6.92 Å². The molecule has 4 nitrogen and oxygen atoms in total. The van der Waals surface area contributed by atoms with Crippen molar-refractivity contribution >= 4 is 17.2 Å². The normalized spacial score (nSPS) is 12.5. The summed E-state index contributed by atoms with van der Waals surface area (Å²) in [6.45, 7) is 7.72. The van der Waals surface area contributed by atoms with Gasteiger partial charge in [-0.1, -0.05) is 13.0 Å². The van der Waals surface area contributed by atoms with Crippen LogP contribution in [-0.2, 0) is 13.0 Å². The highest BCUT2D eigenvalue weighted by molar-refractivity contribution is 7.14. The maximum atomic E-state index is 12.8. The molecule has 1 amide bonds. The number of nitrogens with zero attached hydrogens (tertiary/aromatic N) is 1. The molecule has 0 atom stereocenters. The number of ether oxygens (including phenoxy) is 2. The molecule has 0 spiro atoms. The van der Waals surface area contributed by atoms with E-state index in [-0.39, 0.29) is 12.7 Å². The predicted octanol–water partition coefficient (Wildman–Crippen LogP) is 4.01. The van der Waals surface area contributed by atoms with E-state index in [4.69, 9.17) is 9.47 Å². The number of amides is 1. The van der Waals surface area contributed by atoms with Crippen molar-refractivity contribution in [2.45, 2.75) is 33.7 Å². The molecule has 3 rings (SSSR count). The van der Waals surface area contributed by atoms with Crippen LogP contribution in [0.4, 0.5) is 0 Å². The number of hydrogen-bond acceptors (Lipinski definition) is 4. The van der Waals surface area contributed by atoms with E-state index in [1.54, 1.807) is 11.3 Å². The molecule has 1 aromatic carbocycles. The highest BCUT2D eigenvalue weighted by Crippen LogP contribution is 2.33. The van der Waals surface area contributed by atoms with Crippen molar-refractivity contribution < 1.29 is 14.3 Å². The van der Waals surface area contributed by atoms with Gasteiger partial charge in [-0.15, -0.1) is 11.3 Å². The quantitative estimate of drug-likeness (QED) is 0.831. The van der Waals surface area contributed by atoms with E-state index in [2.05, 4.69) is 13.8 Å². The number of thiophene rings is 1. The summed E-state index contributed by atoms with van der Waals surface area (Å²) in [6, 6.07) is 7.88. The molecule has 0 N–H and O–H groups in total. The SMILES string of the molecule is CCc1cc(C(=O)N(CC)Cc2ccc3c(c2)OCO3)sc1C. The molecular formula is C18H21NO3S. The largest absolute Gasteiger partial charge is 0.454 e. The van der Waals surface area contributed by atoms with Crippen LogP contribution >= 0.6 is 11.3 Å². The monoisotopic (exact) mass is 331 g/mol. The highest BCUT2D eigenvalue weighted by Gasteiger charge is 2.19. The lowest BCUT2D eigenvalue weighted by molar-refractivity contribution is 0.0757. The summed E-state index contributed by atoms with van der Waals surface area (Å²) in [5.74, 6) is 1.62. The Balaban J connectivity index is 1.77. The molecule has 122 valence electrons. The van der Waals surface area contributed by atoms with Crippen LogP contribution in [0.25, 0.3) is 0 Å². The molecule has 0 saturated heterocycles. The lowest BCUT2D eigenvalue weighted by Gasteiger charge is -2.20. The van der Waals surface area contributed by atoms with Gasteiger partial charge in [0.05, 0.1) is 4.88 Å². The van der Waals surface area contributed by atoms with Gasteiger partial charge in [-0.2, -0.15) is 0 Å². The zero-order valence-electron chi connectivity index (χ0n) is 13.7. The van der Waals surface area contributed by atoms with Crippen LogP contribution in [0.2, 0.25) is 0 Å². The van der Waals surface area contributed by atoms with Crippen LogP contribution in [0.1, 0.15) is 39.5 Å². The Morgan fingerprint density at radius 2 is 2.00 bits per heavy atom. The molecule has 1 aromatic heterocycles. The van der Waals surface area contributed by atoms with Crippen LogP contribution < -0.4 is 9.47 Å². The molecule has 0 radical (unpaired) electrons. The van der Waals surface area contributed by atoms with E-state index in [9.17, 15) is 4.79 Å². The standard InChI is InChI=1S/C18H21NO3S/c1-4-14-9-17(23-12(14)3)18(20)19(5-2)10-13-6-7-15-16(8-13)22-11-21-15/h6-9H,4-5,10-11H2,1-3H3. The van der Waals surface area contributed by atoms with Gasteiger partial charge < -0.3 is 14.4 Å². The molecule has 2 aromatic rings. The lowest BCUT2D eigenvalue weighted by Crippen LogP contribution is -2.29. The second-order valence-electron chi connectivity index (χ2n) is 5.55. The van der Waals surface area contributed by atoms with Crippen LogP contribution in [0.3, 0.4) is 0 Å². The number of carbonyl (C=O) groups excluding carboxylic acids is 1. The maximum Gasteiger partial charge on any atom is 0.264 e. The number of benzene rings is 1. The Morgan fingerprint density at radius 3 is 2.70 bits per heavy atom. The number of rotatable bonds is 5. The molecule has 0 fully saturated rings. The number of fused-ring (bicyclic) bond motifs is 1. The van der Waals surface area contributed by atoms with E-state index < -0.39 is 0 Å². The first-order valence-corrected chi connectivity index (χ1v) is 8.71. The van der Waals surface area contributed by atoms with Crippen LogP contribution in [-0.4, -0.2) is 24.1 Å². The Labute approximate surface area is 140 Å². The minimum atomic E-state index is 0.0953. The van der Waals surface area contributed by atoms with Gasteiger partial charge in [-0.3, -0.25) is 4.79 Å². The third kappa shape index (κ3) is 3.20. The molecule has 0 saturated carbocycles. The fourth-order valence-electron chi connectivity index (χ4n) is 2.72. The smallest absolute Gasteiger partial charge is 0.264 e. The Morgan fingerprint density at radius 1 is 1.22 bits per heavy atom. The predicted molar refractivity (Wildman–Crippen MR) is 91.4 cm³/mol. The van der Waals surface area contributed by atoms with Crippen molar-refractivity contribution in [2.24, 2.45) is 0 Å². The van der Waals surface area contributed by atoms with E-state index >= 15 is 0 Å². The summed E-state index contributed by atoms with van der Waals surface area (Å²) < 4.78 is 10.7. The van der Waals surface area contributed by atoms with Crippen molar-refractivity contribution in [1.82, 2.24) is 4.90 Å². The zero-order chi connectivity index (χ0) is 16.4. The van der Waals surface area contributed by atoms with Crippen LogP contribution in [0.15, 0.2) is 24.3 Å². The molecular weight excluding hydrogens is 310 g/mol. The summed E-state index contributed by atoms with van der Waals surface area (Å²) in [5, 5.41) is 0. The average molecular weight is 331 g/mol. The van der Waals surface area contributed by atoms with Crippen LogP contribution in [0.5, 0.6) is 11.5 Å². The zero-order valence-corrected chi connectivity index (χ0v) is 14.5. The van der Waals surface area contributed by atoms with E-state index in [0.717, 1.165) is 28.4 Å². The molecule has 0 bridgehead atoms. The molecule has 5 heteroatoms. The first-order chi connectivity index (χ1) is 11.1. The fourth-order valence-corrected chi connectivity index (χ4v) is 3.80. The number of aryl methyl sites for hydroxylation is 2. The second kappa shape index (κ2) is 6.62. The average Bonchev–Trinajstić information content (AvgIpc) is 3.17. The number of carbonyl (C=O) groups is 1. The lowest BCUT2D eigenvalue weighted by atomic mass is 10.1. The summed E-state index contributed by atoms with van der Waals surface area (Å²) >= 11 is 1.59. The third-order valence-corrected chi connectivity index (χ3v) is 5.17. The molecule has 2 heterocycles. The van der Waals surface area contributed by atoms with Gasteiger partial charge in [-0.05, 0) is 49.6 Å². The van der Waals surface area contributed by atoms with Gasteiger partial charge >= 0.3 is 0 Å². The van der Waals surface area contributed by atoms with E-state index in [1.807, 2.05) is 36.1 Å². The van der Waals surface area contributed by atoms with Crippen molar-refractivity contribution in [1.29, 1.82) is 0 Å². The van der Waals surface area contributed by atoms with Crippen molar-refractivity contribution in [3.8, 4) is 11.5 Å². The molecule has 0 unspecified atom stereocenters. The second-order valence-corrected chi connectivity index (χ2v) is 6.81. The third-order valence-electron chi connectivity index (χ3n) is 4.09. The maximum absolute atomic E-state index is 12.8. The van der Waals surface area contributed by atoms with Gasteiger partial charge in [0.2, 0.25) is 6.79 Å². The topological polar surface area (TPSA) is 38.8 Å². The first-order valence-electron chi connectivity index (χ1n) is 7.89. The van der Waals surface area contributed by atoms with Gasteiger partial charge in [0.15, 0.2) is 11.5 Å². The van der Waals surface area contributed by atoms with Crippen molar-refractivity contribution in [2.75, 3.05) is 13.3 Å². The molecule has 23 heavy (non-hydrogen) atoms. The van der Waals surface area contributed by atoms with E-state index in [0.29, 0.717) is 13.1 Å². The summed E-state index contributed by atoms with van der Waals surface area (Å²) in [7, 11) is 0. The van der Waals surface area contributed by atoms with Gasteiger partial charge in [0.25, 0.3) is 5.91 Å². The Hall–Kier alpha value is -2.01. The summed E-state index contributed by atoms with van der Waals surface area (Å²) in [4.78, 5) is 16.7. The first kappa shape index (κ1) is 15.9. The van der Waals surface area contributed by atoms with Gasteiger partial charge in [0, 0.05) is 18.0 Å². The Kier molecular flexibility index (Phi) is 4.57. The van der Waals surface area contributed by atoms with Gasteiger partial charge in [0.1, 0.15) is 0 Å². The van der Waals surface area contributed by atoms with Crippen molar-refractivity contribution in [3.05, 3.63) is 45.1 Å². The fraction of sp³-hybridized carbons (Fsp3) is 0.389. The minimum absolute atomic E-state index is 0.0953. The van der Waals surface area contributed by atoms with E-state index in [1.165, 1.54) is 10.4 Å². The molecule has 1 aliphatic rings. The molecule has 0 aliphatic carbocycles. The van der Waals surface area contributed by atoms with Gasteiger partial charge in [-0.25, -0.2) is 0 Å². The summed E-state index contributed by atoms with van der Waals surface area (Å²) in [5.41, 5.74) is 2.31. The molecule has 1 aliphatic heterocycles. The number of hydrogen-bond donors (Lipinski definition) is 0.